The fraction of sp³-hybridized carbons (Fsp3) is 0.133. The van der Waals surface area contributed by atoms with Gasteiger partial charge in [0.2, 0.25) is 0 Å². The van der Waals surface area contributed by atoms with E-state index in [1.807, 2.05) is 26.2 Å². The summed E-state index contributed by atoms with van der Waals surface area (Å²) >= 11 is 3.52. The summed E-state index contributed by atoms with van der Waals surface area (Å²) in [6.07, 6.45) is 3.73. The lowest BCUT2D eigenvalue weighted by molar-refractivity contribution is 1.35. The van der Waals surface area contributed by atoms with E-state index in [4.69, 9.17) is 0 Å². The third-order valence-electron chi connectivity index (χ3n) is 2.58. The Balaban J connectivity index is 0.000000514. The molecule has 1 heterocycles. The van der Waals surface area contributed by atoms with Crippen molar-refractivity contribution in [3.63, 3.8) is 0 Å². The maximum absolute atomic E-state index is 4.17. The van der Waals surface area contributed by atoms with Crippen LogP contribution in [-0.2, 0) is 0 Å². The highest BCUT2D eigenvalue weighted by molar-refractivity contribution is 9.10. The van der Waals surface area contributed by atoms with Crippen molar-refractivity contribution in [1.29, 1.82) is 0 Å². The molecule has 86 valence electrons. The smallest absolute Gasteiger partial charge is 0.0437 e. The quantitative estimate of drug-likeness (QED) is 0.520. The van der Waals surface area contributed by atoms with Gasteiger partial charge in [-0.15, -0.1) is 0 Å². The van der Waals surface area contributed by atoms with Gasteiger partial charge < -0.3 is 0 Å². The zero-order valence-corrected chi connectivity index (χ0v) is 11.5. The average Bonchev–Trinajstić information content (AvgIpc) is 2.40. The van der Waals surface area contributed by atoms with Crippen molar-refractivity contribution in [3.8, 4) is 0 Å². The van der Waals surface area contributed by atoms with Crippen molar-refractivity contribution < 1.29 is 0 Å². The molecule has 0 aliphatic carbocycles. The van der Waals surface area contributed by atoms with E-state index in [2.05, 4.69) is 57.3 Å². The first-order valence-corrected chi connectivity index (χ1v) is 6.56. The molecule has 0 saturated carbocycles. The van der Waals surface area contributed by atoms with Crippen LogP contribution in [0, 0.1) is 0 Å². The van der Waals surface area contributed by atoms with Crippen LogP contribution in [0.2, 0.25) is 0 Å². The van der Waals surface area contributed by atoms with Gasteiger partial charge in [-0.2, -0.15) is 0 Å². The number of nitrogens with zero attached hydrogens (tertiary/aromatic N) is 1. The molecule has 0 spiro atoms. The van der Waals surface area contributed by atoms with E-state index in [9.17, 15) is 0 Å². The summed E-state index contributed by atoms with van der Waals surface area (Å²) in [5.74, 6) is 0. The number of pyridine rings is 1. The molecule has 0 aliphatic rings. The highest BCUT2D eigenvalue weighted by Crippen LogP contribution is 2.27. The van der Waals surface area contributed by atoms with Crippen molar-refractivity contribution in [3.05, 3.63) is 53.3 Å². The van der Waals surface area contributed by atoms with Crippen molar-refractivity contribution in [2.75, 3.05) is 0 Å². The third kappa shape index (κ3) is 2.32. The summed E-state index contributed by atoms with van der Waals surface area (Å²) in [5.41, 5.74) is 0. The van der Waals surface area contributed by atoms with Crippen molar-refractivity contribution in [2.24, 2.45) is 0 Å². The lowest BCUT2D eigenvalue weighted by Gasteiger charge is -2.02. The van der Waals surface area contributed by atoms with E-state index < -0.39 is 0 Å². The van der Waals surface area contributed by atoms with E-state index in [0.29, 0.717) is 0 Å². The summed E-state index contributed by atoms with van der Waals surface area (Å²) in [5, 5.41) is 4.90. The molecule has 2 aromatic carbocycles. The minimum Gasteiger partial charge on any atom is -0.263 e. The van der Waals surface area contributed by atoms with E-state index in [1.165, 1.54) is 21.5 Å². The van der Waals surface area contributed by atoms with Crippen molar-refractivity contribution >= 4 is 37.5 Å². The van der Waals surface area contributed by atoms with Crippen LogP contribution < -0.4 is 0 Å². The molecule has 0 aliphatic heterocycles. The van der Waals surface area contributed by atoms with Gasteiger partial charge in [0, 0.05) is 22.3 Å². The first-order chi connectivity index (χ1) is 8.34. The van der Waals surface area contributed by atoms with Gasteiger partial charge in [-0.25, -0.2) is 0 Å². The predicted octanol–water partition coefficient (Wildman–Crippen LogP) is 5.18. The Bertz CT molecular complexity index is 647. The van der Waals surface area contributed by atoms with Gasteiger partial charge >= 0.3 is 0 Å². The third-order valence-corrected chi connectivity index (χ3v) is 3.21. The van der Waals surface area contributed by atoms with Gasteiger partial charge in [-0.1, -0.05) is 38.1 Å². The summed E-state index contributed by atoms with van der Waals surface area (Å²) < 4.78 is 1.05. The van der Waals surface area contributed by atoms with Crippen LogP contribution in [0.1, 0.15) is 13.8 Å². The molecule has 3 rings (SSSR count). The summed E-state index contributed by atoms with van der Waals surface area (Å²) in [7, 11) is 0. The van der Waals surface area contributed by atoms with E-state index >= 15 is 0 Å². The maximum Gasteiger partial charge on any atom is 0.0437 e. The molecule has 1 nitrogen and oxygen atoms in total. The Kier molecular flexibility index (Phi) is 3.75. The fourth-order valence-electron chi connectivity index (χ4n) is 1.82. The highest BCUT2D eigenvalue weighted by Gasteiger charge is 2.00. The second-order valence-corrected chi connectivity index (χ2v) is 4.40. The predicted molar refractivity (Wildman–Crippen MR) is 78.3 cm³/mol. The minimum atomic E-state index is 1.05. The monoisotopic (exact) mass is 287 g/mol. The Morgan fingerprint density at radius 2 is 1.53 bits per heavy atom. The molecule has 2 heteroatoms. The molecule has 17 heavy (non-hydrogen) atoms. The van der Waals surface area contributed by atoms with Crippen LogP contribution >= 0.6 is 15.9 Å². The Morgan fingerprint density at radius 1 is 0.882 bits per heavy atom. The van der Waals surface area contributed by atoms with Crippen LogP contribution in [0.5, 0.6) is 0 Å². The summed E-state index contributed by atoms with van der Waals surface area (Å²) in [6.45, 7) is 4.00. The number of rotatable bonds is 0. The zero-order valence-electron chi connectivity index (χ0n) is 9.94. The van der Waals surface area contributed by atoms with Gasteiger partial charge in [-0.05, 0) is 44.2 Å². The van der Waals surface area contributed by atoms with Gasteiger partial charge in [-0.3, -0.25) is 4.98 Å². The molecule has 0 bridgehead atoms. The number of benzene rings is 2. The van der Waals surface area contributed by atoms with Crippen LogP contribution in [0.3, 0.4) is 0 Å². The maximum atomic E-state index is 4.17. The molecule has 0 N–H and O–H groups in total. The molecule has 0 atom stereocenters. The minimum absolute atomic E-state index is 1.05. The molecule has 0 saturated heterocycles. The summed E-state index contributed by atoms with van der Waals surface area (Å²) in [6, 6.07) is 12.7. The highest BCUT2D eigenvalue weighted by atomic mass is 79.9. The van der Waals surface area contributed by atoms with Gasteiger partial charge in [0.15, 0.2) is 0 Å². The number of fused-ring (bicyclic) bond motifs is 2. The second kappa shape index (κ2) is 5.28. The SMILES string of the molecule is Brc1cncc2cc3ccccc3cc12.CC. The van der Waals surface area contributed by atoms with Crippen molar-refractivity contribution in [2.45, 2.75) is 13.8 Å². The lowest BCUT2D eigenvalue weighted by Crippen LogP contribution is -1.79. The number of aromatic nitrogens is 1. The van der Waals surface area contributed by atoms with Gasteiger partial charge in [0.25, 0.3) is 0 Å². The Morgan fingerprint density at radius 3 is 2.24 bits per heavy atom. The molecule has 1 aromatic heterocycles. The van der Waals surface area contributed by atoms with Crippen LogP contribution in [0.25, 0.3) is 21.5 Å². The molecule has 0 unspecified atom stereocenters. The number of hydrogen-bond acceptors (Lipinski definition) is 1. The van der Waals surface area contributed by atoms with E-state index in [-0.39, 0.29) is 0 Å². The van der Waals surface area contributed by atoms with Crippen LogP contribution in [0.4, 0.5) is 0 Å². The first-order valence-electron chi connectivity index (χ1n) is 5.76. The summed E-state index contributed by atoms with van der Waals surface area (Å²) in [4.78, 5) is 4.17. The Labute approximate surface area is 110 Å². The standard InChI is InChI=1S/C13H8BrN.C2H6/c14-13-8-15-7-11-5-9-3-1-2-4-10(9)6-12(11)13;1-2/h1-8H;1-2H3. The van der Waals surface area contributed by atoms with Crippen molar-refractivity contribution in [1.82, 2.24) is 4.98 Å². The zero-order chi connectivity index (χ0) is 12.3. The normalized spacial score (nSPS) is 10.1. The van der Waals surface area contributed by atoms with E-state index in [1.54, 1.807) is 0 Å². The van der Waals surface area contributed by atoms with Crippen LogP contribution in [-0.4, -0.2) is 4.98 Å². The first kappa shape index (κ1) is 12.1. The fourth-order valence-corrected chi connectivity index (χ4v) is 2.29. The lowest BCUT2D eigenvalue weighted by atomic mass is 10.1. The average molecular weight is 288 g/mol. The largest absolute Gasteiger partial charge is 0.263 e. The molecular weight excluding hydrogens is 274 g/mol. The molecular formula is C15H14BrN. The molecule has 0 amide bonds. The second-order valence-electron chi connectivity index (χ2n) is 3.54. The van der Waals surface area contributed by atoms with Crippen LogP contribution in [0.15, 0.2) is 53.3 Å². The number of hydrogen-bond donors (Lipinski definition) is 0. The molecule has 0 fully saturated rings. The van der Waals surface area contributed by atoms with E-state index in [0.717, 1.165) is 4.47 Å². The molecule has 3 aromatic rings. The molecule has 0 radical (unpaired) electrons. The van der Waals surface area contributed by atoms with Gasteiger partial charge in [0.1, 0.15) is 0 Å². The van der Waals surface area contributed by atoms with Gasteiger partial charge in [0.05, 0.1) is 0 Å². The Hall–Kier alpha value is -1.41. The number of halogens is 1. The topological polar surface area (TPSA) is 12.9 Å².